The van der Waals surface area contributed by atoms with Crippen molar-refractivity contribution in [2.45, 2.75) is 19.8 Å². The fourth-order valence-corrected chi connectivity index (χ4v) is 5.56. The second kappa shape index (κ2) is 7.90. The molecule has 1 fully saturated rings. The largest absolute Gasteiger partial charge is 0.316 e. The van der Waals surface area contributed by atoms with Crippen LogP contribution in [0.15, 0.2) is 24.3 Å². The maximum absolute atomic E-state index is 12.3. The highest BCUT2D eigenvalue weighted by Crippen LogP contribution is 2.31. The number of nitrogens with one attached hydrogen (secondary N) is 2. The summed E-state index contributed by atoms with van der Waals surface area (Å²) in [6.45, 7) is 4.21. The third-order valence-corrected chi connectivity index (χ3v) is 8.13. The molecule has 0 aliphatic carbocycles. The molecule has 2 aliphatic rings. The van der Waals surface area contributed by atoms with Gasteiger partial charge in [0.1, 0.15) is 0 Å². The number of carbonyl (C=O) groups is 1. The van der Waals surface area contributed by atoms with Gasteiger partial charge in [0.25, 0.3) is 0 Å². The Labute approximate surface area is 168 Å². The zero-order valence-electron chi connectivity index (χ0n) is 15.8. The van der Waals surface area contributed by atoms with Crippen molar-refractivity contribution in [1.82, 2.24) is 14.6 Å². The molecule has 7 nitrogen and oxygen atoms in total. The molecule has 0 bridgehead atoms. The van der Waals surface area contributed by atoms with Crippen LogP contribution in [0.1, 0.15) is 25.3 Å². The number of hydrogen-bond acceptors (Lipinski definition) is 6. The molecule has 2 N–H and O–H groups in total. The lowest BCUT2D eigenvalue weighted by Crippen LogP contribution is -2.35. The Balaban J connectivity index is 1.50. The molecule has 150 valence electrons. The minimum atomic E-state index is -3.14. The summed E-state index contributed by atoms with van der Waals surface area (Å²) >= 11 is 1.47. The van der Waals surface area contributed by atoms with Crippen LogP contribution in [0, 0.1) is 5.92 Å². The maximum Gasteiger partial charge on any atom is 0.230 e. The van der Waals surface area contributed by atoms with Crippen molar-refractivity contribution in [1.29, 1.82) is 0 Å². The van der Waals surface area contributed by atoms with Gasteiger partial charge in [0, 0.05) is 19.6 Å². The molecule has 0 unspecified atom stereocenters. The number of aromatic nitrogens is 1. The van der Waals surface area contributed by atoms with Crippen LogP contribution in [0.2, 0.25) is 0 Å². The summed E-state index contributed by atoms with van der Waals surface area (Å²) in [5.74, 6) is 0.169. The first-order valence-corrected chi connectivity index (χ1v) is 12.0. The summed E-state index contributed by atoms with van der Waals surface area (Å²) in [6.07, 6.45) is 3.55. The van der Waals surface area contributed by atoms with Gasteiger partial charge in [-0.2, -0.15) is 4.31 Å². The predicted octanol–water partition coefficient (Wildman–Crippen LogP) is 2.28. The molecule has 2 aromatic rings. The van der Waals surface area contributed by atoms with E-state index in [9.17, 15) is 13.2 Å². The van der Waals surface area contributed by atoms with Crippen molar-refractivity contribution in [3.05, 3.63) is 29.8 Å². The fourth-order valence-electron chi connectivity index (χ4n) is 3.61. The van der Waals surface area contributed by atoms with E-state index in [1.54, 1.807) is 6.92 Å². The van der Waals surface area contributed by atoms with E-state index in [0.717, 1.165) is 40.9 Å². The SMILES string of the molecule is CCS(=O)(=O)N1CC=C(c2ccc3nc(NC(=O)[C@H]4CCNC4)sc3c2)CC1. The molecule has 9 heteroatoms. The molecular formula is C19H24N4O3S2. The summed E-state index contributed by atoms with van der Waals surface area (Å²) in [5, 5.41) is 6.77. The third-order valence-electron chi connectivity index (χ3n) is 5.35. The van der Waals surface area contributed by atoms with E-state index in [2.05, 4.69) is 21.7 Å². The normalized spacial score (nSPS) is 21.0. The van der Waals surface area contributed by atoms with Crippen molar-refractivity contribution < 1.29 is 13.2 Å². The van der Waals surface area contributed by atoms with Gasteiger partial charge in [-0.15, -0.1) is 0 Å². The number of thiazole rings is 1. The van der Waals surface area contributed by atoms with Crippen LogP contribution in [-0.2, 0) is 14.8 Å². The standard InChI is InChI=1S/C19H24N4O3S2/c1-2-28(25,26)23-9-6-13(7-10-23)14-3-4-16-17(11-14)27-19(21-16)22-18(24)15-5-8-20-12-15/h3-4,6,11,15,20H,2,5,7-10,12H2,1H3,(H,21,22,24)/t15-/m0/s1. The van der Waals surface area contributed by atoms with Crippen LogP contribution in [0.5, 0.6) is 0 Å². The molecule has 4 rings (SSSR count). The van der Waals surface area contributed by atoms with E-state index < -0.39 is 10.0 Å². The van der Waals surface area contributed by atoms with Crippen molar-refractivity contribution in [2.75, 3.05) is 37.2 Å². The number of carbonyl (C=O) groups excluding carboxylic acids is 1. The summed E-state index contributed by atoms with van der Waals surface area (Å²) in [7, 11) is -3.14. The zero-order chi connectivity index (χ0) is 19.7. The van der Waals surface area contributed by atoms with E-state index in [1.165, 1.54) is 15.6 Å². The first kappa shape index (κ1) is 19.5. The number of fused-ring (bicyclic) bond motifs is 1. The highest BCUT2D eigenvalue weighted by Gasteiger charge is 2.24. The average molecular weight is 421 g/mol. The van der Waals surface area contributed by atoms with Crippen LogP contribution < -0.4 is 10.6 Å². The smallest absolute Gasteiger partial charge is 0.230 e. The lowest BCUT2D eigenvalue weighted by atomic mass is 10.0. The number of nitrogens with zero attached hydrogens (tertiary/aromatic N) is 2. The van der Waals surface area contributed by atoms with Gasteiger partial charge in [0.15, 0.2) is 5.13 Å². The zero-order valence-corrected chi connectivity index (χ0v) is 17.4. The molecule has 0 radical (unpaired) electrons. The first-order valence-electron chi connectivity index (χ1n) is 9.55. The lowest BCUT2D eigenvalue weighted by Gasteiger charge is -2.25. The monoisotopic (exact) mass is 420 g/mol. The average Bonchev–Trinajstić information content (AvgIpc) is 3.37. The molecule has 1 amide bonds. The topological polar surface area (TPSA) is 91.4 Å². The van der Waals surface area contributed by atoms with Crippen LogP contribution in [-0.4, -0.2) is 55.5 Å². The fraction of sp³-hybridized carbons (Fsp3) is 0.474. The van der Waals surface area contributed by atoms with Gasteiger partial charge < -0.3 is 10.6 Å². The summed E-state index contributed by atoms with van der Waals surface area (Å²) < 4.78 is 26.6. The highest BCUT2D eigenvalue weighted by molar-refractivity contribution is 7.89. The Morgan fingerprint density at radius 3 is 2.96 bits per heavy atom. The van der Waals surface area contributed by atoms with E-state index >= 15 is 0 Å². The number of hydrogen-bond donors (Lipinski definition) is 2. The van der Waals surface area contributed by atoms with E-state index in [1.807, 2.05) is 18.2 Å². The minimum absolute atomic E-state index is 0.0114. The molecular weight excluding hydrogens is 396 g/mol. The molecule has 0 spiro atoms. The number of rotatable bonds is 5. The molecule has 28 heavy (non-hydrogen) atoms. The second-order valence-electron chi connectivity index (χ2n) is 7.12. The van der Waals surface area contributed by atoms with Crippen LogP contribution in [0.3, 0.4) is 0 Å². The van der Waals surface area contributed by atoms with Crippen molar-refractivity contribution >= 4 is 48.2 Å². The van der Waals surface area contributed by atoms with Gasteiger partial charge in [-0.05, 0) is 49.6 Å². The van der Waals surface area contributed by atoms with Crippen LogP contribution in [0.4, 0.5) is 5.13 Å². The molecule has 0 saturated carbocycles. The Morgan fingerprint density at radius 2 is 2.29 bits per heavy atom. The highest BCUT2D eigenvalue weighted by atomic mass is 32.2. The van der Waals surface area contributed by atoms with Gasteiger partial charge in [-0.1, -0.05) is 23.5 Å². The van der Waals surface area contributed by atoms with Gasteiger partial charge >= 0.3 is 0 Å². The van der Waals surface area contributed by atoms with E-state index in [0.29, 0.717) is 24.6 Å². The quantitative estimate of drug-likeness (QED) is 0.774. The number of anilines is 1. The summed E-state index contributed by atoms with van der Waals surface area (Å²) in [4.78, 5) is 16.8. The van der Waals surface area contributed by atoms with Crippen LogP contribution >= 0.6 is 11.3 Å². The number of amides is 1. The Morgan fingerprint density at radius 1 is 1.43 bits per heavy atom. The number of benzene rings is 1. The van der Waals surface area contributed by atoms with Crippen molar-refractivity contribution in [3.63, 3.8) is 0 Å². The molecule has 1 atom stereocenters. The van der Waals surface area contributed by atoms with Gasteiger partial charge in [0.05, 0.1) is 21.9 Å². The first-order chi connectivity index (χ1) is 13.5. The molecule has 1 aromatic carbocycles. The maximum atomic E-state index is 12.3. The Hall–Kier alpha value is -1.81. The minimum Gasteiger partial charge on any atom is -0.316 e. The van der Waals surface area contributed by atoms with E-state index in [4.69, 9.17) is 0 Å². The van der Waals surface area contributed by atoms with Gasteiger partial charge in [0.2, 0.25) is 15.9 Å². The van der Waals surface area contributed by atoms with Gasteiger partial charge in [-0.3, -0.25) is 4.79 Å². The summed E-state index contributed by atoms with van der Waals surface area (Å²) in [6, 6.07) is 6.06. The van der Waals surface area contributed by atoms with Gasteiger partial charge in [-0.25, -0.2) is 13.4 Å². The summed E-state index contributed by atoms with van der Waals surface area (Å²) in [5.41, 5.74) is 3.10. The lowest BCUT2D eigenvalue weighted by molar-refractivity contribution is -0.119. The predicted molar refractivity (Wildman–Crippen MR) is 113 cm³/mol. The van der Waals surface area contributed by atoms with Crippen molar-refractivity contribution in [3.8, 4) is 0 Å². The van der Waals surface area contributed by atoms with Crippen LogP contribution in [0.25, 0.3) is 15.8 Å². The Bertz CT molecular complexity index is 1020. The third kappa shape index (κ3) is 3.98. The molecule has 3 heterocycles. The molecule has 2 aliphatic heterocycles. The second-order valence-corrected chi connectivity index (χ2v) is 10.4. The van der Waals surface area contributed by atoms with Crippen molar-refractivity contribution in [2.24, 2.45) is 5.92 Å². The number of sulfonamides is 1. The molecule has 1 saturated heterocycles. The molecule has 1 aromatic heterocycles. The van der Waals surface area contributed by atoms with E-state index in [-0.39, 0.29) is 17.6 Å². The Kier molecular flexibility index (Phi) is 5.50.